The number of hydrogen-bond acceptors (Lipinski definition) is 4. The average molecular weight is 253 g/mol. The van der Waals surface area contributed by atoms with Crippen LogP contribution in [0.15, 0.2) is 36.8 Å². The quantitative estimate of drug-likeness (QED) is 0.455. The van der Waals surface area contributed by atoms with Crippen LogP contribution in [0.3, 0.4) is 0 Å². The minimum absolute atomic E-state index is 0.122. The minimum Gasteiger partial charge on any atom is -0.545 e. The highest BCUT2D eigenvalue weighted by molar-refractivity contribution is 6.00. The molecule has 0 unspecified atom stereocenters. The van der Waals surface area contributed by atoms with Crippen molar-refractivity contribution in [1.82, 2.24) is 19.7 Å². The molecule has 7 heteroatoms. The summed E-state index contributed by atoms with van der Waals surface area (Å²) in [6.07, 6.45) is 4.95. The molecule has 19 heavy (non-hydrogen) atoms. The summed E-state index contributed by atoms with van der Waals surface area (Å²) in [6, 6.07) is 5.02. The minimum atomic E-state index is -1.22. The van der Waals surface area contributed by atoms with E-state index in [2.05, 4.69) is 15.1 Å². The van der Waals surface area contributed by atoms with E-state index in [0.717, 1.165) is 5.39 Å². The molecule has 1 aromatic carbocycles. The molecular formula is C12H7N5O2. The Morgan fingerprint density at radius 1 is 1.32 bits per heavy atom. The summed E-state index contributed by atoms with van der Waals surface area (Å²) in [5, 5.41) is 15.0. The molecule has 0 spiro atoms. The van der Waals surface area contributed by atoms with E-state index >= 15 is 0 Å². The number of carboxylic acid groups (broad SMARTS) is 1. The highest BCUT2D eigenvalue weighted by Crippen LogP contribution is 2.17. The number of aromatic carboxylic acids is 1. The van der Waals surface area contributed by atoms with E-state index in [9.17, 15) is 9.90 Å². The Hall–Kier alpha value is -2.96. The molecule has 0 aliphatic rings. The molecular weight excluding hydrogens is 246 g/mol. The van der Waals surface area contributed by atoms with Crippen LogP contribution in [-0.4, -0.2) is 25.7 Å². The second kappa shape index (κ2) is 3.29. The van der Waals surface area contributed by atoms with E-state index in [-0.39, 0.29) is 5.56 Å². The number of carboxylic acids is 1. The maximum Gasteiger partial charge on any atom is 0.346 e. The third-order valence-corrected chi connectivity index (χ3v) is 3.08. The van der Waals surface area contributed by atoms with Crippen LogP contribution in [-0.2, 0) is 0 Å². The topological polar surface area (TPSA) is 90.2 Å². The first kappa shape index (κ1) is 10.0. The van der Waals surface area contributed by atoms with Gasteiger partial charge in [-0.1, -0.05) is 16.8 Å². The molecule has 4 aromatic rings. The lowest BCUT2D eigenvalue weighted by atomic mass is 10.1. The van der Waals surface area contributed by atoms with E-state index in [0.29, 0.717) is 16.8 Å². The molecule has 0 bridgehead atoms. The van der Waals surface area contributed by atoms with Crippen molar-refractivity contribution in [1.29, 1.82) is 0 Å². The Balaban J connectivity index is 2.29. The van der Waals surface area contributed by atoms with Crippen LogP contribution in [0.5, 0.6) is 0 Å². The number of para-hydroxylation sites is 1. The van der Waals surface area contributed by atoms with Gasteiger partial charge in [0.05, 0.1) is 12.2 Å². The molecule has 1 N–H and O–H groups in total. The maximum atomic E-state index is 11.2. The van der Waals surface area contributed by atoms with Gasteiger partial charge in [-0.3, -0.25) is 0 Å². The molecule has 0 fully saturated rings. The first-order valence-corrected chi connectivity index (χ1v) is 5.62. The van der Waals surface area contributed by atoms with Gasteiger partial charge in [0.25, 0.3) is 5.65 Å². The molecule has 3 aromatic heterocycles. The van der Waals surface area contributed by atoms with Gasteiger partial charge in [-0.2, -0.15) is 5.10 Å². The van der Waals surface area contributed by atoms with Crippen molar-refractivity contribution in [2.75, 3.05) is 0 Å². The molecule has 4 rings (SSSR count). The first-order valence-electron chi connectivity index (χ1n) is 5.62. The predicted octanol–water partition coefficient (Wildman–Crippen LogP) is -0.687. The highest BCUT2D eigenvalue weighted by atomic mass is 16.4. The van der Waals surface area contributed by atoms with Gasteiger partial charge >= 0.3 is 5.65 Å². The lowest BCUT2D eigenvalue weighted by Gasteiger charge is -2.01. The molecule has 0 amide bonds. The van der Waals surface area contributed by atoms with Gasteiger partial charge in [0.15, 0.2) is 0 Å². The lowest BCUT2D eigenvalue weighted by molar-refractivity contribution is -0.591. The summed E-state index contributed by atoms with van der Waals surface area (Å²) >= 11 is 0. The van der Waals surface area contributed by atoms with Crippen molar-refractivity contribution in [2.45, 2.75) is 0 Å². The zero-order chi connectivity index (χ0) is 13.0. The zero-order valence-corrected chi connectivity index (χ0v) is 9.57. The Bertz CT molecular complexity index is 953. The fourth-order valence-electron chi connectivity index (χ4n) is 2.31. The van der Waals surface area contributed by atoms with Crippen LogP contribution < -0.4 is 9.62 Å². The zero-order valence-electron chi connectivity index (χ0n) is 9.57. The number of nitrogens with one attached hydrogen (secondary N) is 1. The maximum absolute atomic E-state index is 11.2. The molecule has 92 valence electrons. The van der Waals surface area contributed by atoms with Gasteiger partial charge < -0.3 is 9.90 Å². The second-order valence-electron chi connectivity index (χ2n) is 4.16. The van der Waals surface area contributed by atoms with Gasteiger partial charge in [0.2, 0.25) is 0 Å². The summed E-state index contributed by atoms with van der Waals surface area (Å²) in [6.45, 7) is 0. The van der Waals surface area contributed by atoms with Crippen LogP contribution in [0.2, 0.25) is 0 Å². The number of H-pyrrole nitrogens is 1. The first-order chi connectivity index (χ1) is 9.25. The second-order valence-corrected chi connectivity index (χ2v) is 4.16. The van der Waals surface area contributed by atoms with Crippen LogP contribution in [0.4, 0.5) is 0 Å². The Morgan fingerprint density at radius 3 is 3.00 bits per heavy atom. The van der Waals surface area contributed by atoms with Crippen LogP contribution in [0.25, 0.3) is 22.2 Å². The van der Waals surface area contributed by atoms with Crippen molar-refractivity contribution in [3.63, 3.8) is 0 Å². The number of hydrogen-bond donors (Lipinski definition) is 1. The van der Waals surface area contributed by atoms with Crippen molar-refractivity contribution in [2.24, 2.45) is 0 Å². The summed E-state index contributed by atoms with van der Waals surface area (Å²) in [5.41, 5.74) is 1.86. The van der Waals surface area contributed by atoms with Gasteiger partial charge in [-0.05, 0) is 6.07 Å². The van der Waals surface area contributed by atoms with E-state index < -0.39 is 5.97 Å². The largest absolute Gasteiger partial charge is 0.545 e. The van der Waals surface area contributed by atoms with Gasteiger partial charge in [-0.15, -0.1) is 9.50 Å². The summed E-state index contributed by atoms with van der Waals surface area (Å²) in [7, 11) is 0. The Kier molecular flexibility index (Phi) is 1.73. The van der Waals surface area contributed by atoms with E-state index in [1.807, 2.05) is 6.07 Å². The number of carbonyl (C=O) groups is 1. The SMILES string of the molecule is O=C([O-])c1cccc2c[n+]3c4nccnc4[nH]n3c12. The fraction of sp³-hybridized carbons (Fsp3) is 0. The number of aromatic amines is 1. The standard InChI is InChI=1S/C12H7N5O2/c18-12(19)8-3-1-2-7-6-16-11-10(13-4-5-14-11)15-17(16)9(7)8/h1-6H,(H-,13,15,18,19). The monoisotopic (exact) mass is 253 g/mol. The van der Waals surface area contributed by atoms with Crippen molar-refractivity contribution in [3.8, 4) is 0 Å². The number of aromatic nitrogens is 5. The molecule has 0 saturated heterocycles. The van der Waals surface area contributed by atoms with Crippen molar-refractivity contribution < 1.29 is 14.4 Å². The number of nitrogens with zero attached hydrogens (tertiary/aromatic N) is 4. The summed E-state index contributed by atoms with van der Waals surface area (Å²) in [5.74, 6) is -1.22. The summed E-state index contributed by atoms with van der Waals surface area (Å²) in [4.78, 5) is 19.6. The smallest absolute Gasteiger partial charge is 0.346 e. The molecule has 0 aliphatic heterocycles. The molecule has 0 radical (unpaired) electrons. The molecule has 0 atom stereocenters. The normalized spacial score (nSPS) is 11.6. The third-order valence-electron chi connectivity index (χ3n) is 3.08. The molecule has 3 heterocycles. The van der Waals surface area contributed by atoms with E-state index in [4.69, 9.17) is 0 Å². The van der Waals surface area contributed by atoms with E-state index in [1.54, 1.807) is 33.8 Å². The number of benzene rings is 1. The van der Waals surface area contributed by atoms with E-state index in [1.165, 1.54) is 6.07 Å². The fourth-order valence-corrected chi connectivity index (χ4v) is 2.31. The number of carbonyl (C=O) groups excluding carboxylic acids is 1. The molecule has 7 nitrogen and oxygen atoms in total. The predicted molar refractivity (Wildman–Crippen MR) is 62.3 cm³/mol. The molecule has 0 aliphatic carbocycles. The van der Waals surface area contributed by atoms with Gasteiger partial charge in [-0.25, -0.2) is 4.98 Å². The van der Waals surface area contributed by atoms with Crippen molar-refractivity contribution in [3.05, 3.63) is 42.4 Å². The number of fused-ring (bicyclic) bond motifs is 5. The number of rotatable bonds is 1. The van der Waals surface area contributed by atoms with Crippen LogP contribution in [0, 0.1) is 0 Å². The third kappa shape index (κ3) is 1.21. The van der Waals surface area contributed by atoms with Gasteiger partial charge in [0, 0.05) is 10.9 Å². The van der Waals surface area contributed by atoms with Crippen molar-refractivity contribution >= 4 is 28.2 Å². The molecule has 0 saturated carbocycles. The van der Waals surface area contributed by atoms with Gasteiger partial charge in [0.1, 0.15) is 17.9 Å². The highest BCUT2D eigenvalue weighted by Gasteiger charge is 2.18. The van der Waals surface area contributed by atoms with Crippen LogP contribution in [0.1, 0.15) is 10.4 Å². The lowest BCUT2D eigenvalue weighted by Crippen LogP contribution is -2.27. The Morgan fingerprint density at radius 2 is 2.16 bits per heavy atom. The van der Waals surface area contributed by atoms with Crippen LogP contribution >= 0.6 is 0 Å². The Labute approximate surface area is 105 Å². The summed E-state index contributed by atoms with van der Waals surface area (Å²) < 4.78 is 3.32. The average Bonchev–Trinajstić information content (AvgIpc) is 2.94.